The third-order valence-corrected chi connectivity index (χ3v) is 6.16. The highest BCUT2D eigenvalue weighted by molar-refractivity contribution is 5.89. The van der Waals surface area contributed by atoms with E-state index in [1.165, 1.54) is 27.7 Å². The average Bonchev–Trinajstić information content (AvgIpc) is 2.88. The van der Waals surface area contributed by atoms with Gasteiger partial charge < -0.3 is 14.2 Å². The van der Waals surface area contributed by atoms with E-state index in [9.17, 15) is 4.79 Å². The molecule has 1 atom stereocenters. The summed E-state index contributed by atoms with van der Waals surface area (Å²) >= 11 is 0. The molecule has 0 fully saturated rings. The van der Waals surface area contributed by atoms with Crippen LogP contribution < -0.4 is 0 Å². The first kappa shape index (κ1) is 17.4. The summed E-state index contributed by atoms with van der Waals surface area (Å²) in [7, 11) is 0. The number of para-hydroxylation sites is 1. The molecule has 0 aliphatic carbocycles. The maximum absolute atomic E-state index is 12.6. The molecular formula is C24H26N2O2. The van der Waals surface area contributed by atoms with Gasteiger partial charge in [0.1, 0.15) is 6.61 Å². The van der Waals surface area contributed by atoms with E-state index < -0.39 is 0 Å². The van der Waals surface area contributed by atoms with E-state index >= 15 is 0 Å². The highest BCUT2D eigenvalue weighted by Crippen LogP contribution is 2.36. The fourth-order valence-corrected chi connectivity index (χ4v) is 4.88. The van der Waals surface area contributed by atoms with Gasteiger partial charge in [0.05, 0.1) is 5.52 Å². The summed E-state index contributed by atoms with van der Waals surface area (Å²) in [5.41, 5.74) is 6.79. The summed E-state index contributed by atoms with van der Waals surface area (Å²) < 4.78 is 8.10. The fourth-order valence-electron chi connectivity index (χ4n) is 4.88. The number of carbonyl (C=O) groups is 1. The van der Waals surface area contributed by atoms with Crippen LogP contribution in [0.1, 0.15) is 29.3 Å². The molecule has 0 saturated carbocycles. The third kappa shape index (κ3) is 2.97. The third-order valence-electron chi connectivity index (χ3n) is 6.16. The molecule has 2 aromatic carbocycles. The van der Waals surface area contributed by atoms with Crippen LogP contribution in [0.2, 0.25) is 0 Å². The summed E-state index contributed by atoms with van der Waals surface area (Å²) in [4.78, 5) is 14.5. The number of ether oxygens (including phenoxy) is 1. The maximum atomic E-state index is 12.6. The maximum Gasteiger partial charge on any atom is 0.410 e. The summed E-state index contributed by atoms with van der Waals surface area (Å²) in [5, 5.41) is 1.39. The van der Waals surface area contributed by atoms with Crippen LogP contribution in [0.4, 0.5) is 4.79 Å². The predicted octanol–water partition coefficient (Wildman–Crippen LogP) is 4.57. The van der Waals surface area contributed by atoms with Crippen molar-refractivity contribution in [2.75, 3.05) is 13.1 Å². The molecule has 1 amide bonds. The smallest absolute Gasteiger partial charge is 0.410 e. The number of nitrogens with zero attached hydrogens (tertiary/aromatic N) is 2. The molecule has 0 N–H and O–H groups in total. The van der Waals surface area contributed by atoms with E-state index in [1.807, 2.05) is 35.2 Å². The second-order valence-electron chi connectivity index (χ2n) is 8.19. The molecule has 4 nitrogen and oxygen atoms in total. The van der Waals surface area contributed by atoms with E-state index in [2.05, 4.69) is 29.7 Å². The number of benzene rings is 2. The molecule has 0 bridgehead atoms. The first-order valence-electron chi connectivity index (χ1n) is 10.3. The van der Waals surface area contributed by atoms with Crippen molar-refractivity contribution in [3.8, 4) is 0 Å². The second kappa shape index (κ2) is 7.01. The van der Waals surface area contributed by atoms with Gasteiger partial charge in [-0.15, -0.1) is 0 Å². The number of rotatable bonds is 2. The first-order valence-corrected chi connectivity index (χ1v) is 10.3. The molecule has 3 heterocycles. The van der Waals surface area contributed by atoms with E-state index in [0.29, 0.717) is 12.5 Å². The Labute approximate surface area is 165 Å². The molecule has 1 aromatic heterocycles. The van der Waals surface area contributed by atoms with Crippen molar-refractivity contribution in [3.63, 3.8) is 0 Å². The van der Waals surface area contributed by atoms with Crippen LogP contribution in [-0.2, 0) is 37.2 Å². The zero-order valence-corrected chi connectivity index (χ0v) is 16.4. The Balaban J connectivity index is 1.36. The van der Waals surface area contributed by atoms with Crippen LogP contribution in [-0.4, -0.2) is 28.6 Å². The van der Waals surface area contributed by atoms with E-state index in [1.54, 1.807) is 0 Å². The Kier molecular flexibility index (Phi) is 4.34. The molecule has 2 aliphatic heterocycles. The molecule has 5 rings (SSSR count). The highest BCUT2D eigenvalue weighted by Gasteiger charge is 2.28. The average molecular weight is 374 g/mol. The van der Waals surface area contributed by atoms with Crippen LogP contribution >= 0.6 is 0 Å². The van der Waals surface area contributed by atoms with Crippen molar-refractivity contribution >= 4 is 17.0 Å². The molecule has 3 aromatic rings. The molecule has 144 valence electrons. The van der Waals surface area contributed by atoms with Gasteiger partial charge in [-0.05, 0) is 35.4 Å². The van der Waals surface area contributed by atoms with Gasteiger partial charge in [0.2, 0.25) is 0 Å². The number of hydrogen-bond donors (Lipinski definition) is 0. The Morgan fingerprint density at radius 3 is 2.75 bits per heavy atom. The van der Waals surface area contributed by atoms with Gasteiger partial charge in [-0.2, -0.15) is 0 Å². The first-order chi connectivity index (χ1) is 13.7. The lowest BCUT2D eigenvalue weighted by atomic mass is 9.95. The van der Waals surface area contributed by atoms with E-state index in [-0.39, 0.29) is 6.09 Å². The predicted molar refractivity (Wildman–Crippen MR) is 110 cm³/mol. The van der Waals surface area contributed by atoms with Gasteiger partial charge >= 0.3 is 6.09 Å². The molecular weight excluding hydrogens is 348 g/mol. The second-order valence-corrected chi connectivity index (χ2v) is 8.19. The topological polar surface area (TPSA) is 34.5 Å². The zero-order valence-electron chi connectivity index (χ0n) is 16.4. The Morgan fingerprint density at radius 1 is 1.07 bits per heavy atom. The minimum Gasteiger partial charge on any atom is -0.445 e. The van der Waals surface area contributed by atoms with Crippen molar-refractivity contribution in [3.05, 3.63) is 70.9 Å². The van der Waals surface area contributed by atoms with Crippen molar-refractivity contribution in [2.45, 2.75) is 39.3 Å². The summed E-state index contributed by atoms with van der Waals surface area (Å²) in [6, 6.07) is 16.6. The molecule has 0 radical (unpaired) electrons. The normalized spacial score (nSPS) is 18.6. The zero-order chi connectivity index (χ0) is 19.1. The van der Waals surface area contributed by atoms with Gasteiger partial charge in [-0.25, -0.2) is 4.79 Å². The number of aromatic nitrogens is 1. The van der Waals surface area contributed by atoms with Gasteiger partial charge in [0.15, 0.2) is 0 Å². The minimum atomic E-state index is -0.203. The molecule has 0 spiro atoms. The highest BCUT2D eigenvalue weighted by atomic mass is 16.6. The van der Waals surface area contributed by atoms with E-state index in [4.69, 9.17) is 4.74 Å². The Bertz CT molecular complexity index is 1020. The van der Waals surface area contributed by atoms with Crippen molar-refractivity contribution < 1.29 is 9.53 Å². The minimum absolute atomic E-state index is 0.203. The standard InChI is InChI=1S/C24H26N2O2/c1-17-14-19-8-5-9-21-20-10-12-25(13-11-22(20)26(15-17)23(19)21)24(27)28-16-18-6-3-2-4-7-18/h2-9,17H,10-16H2,1H3. The number of amides is 1. The summed E-state index contributed by atoms with van der Waals surface area (Å²) in [6.45, 7) is 5.19. The van der Waals surface area contributed by atoms with Crippen LogP contribution in [0.5, 0.6) is 0 Å². The molecule has 0 saturated heterocycles. The van der Waals surface area contributed by atoms with Gasteiger partial charge in [0, 0.05) is 37.1 Å². The Morgan fingerprint density at radius 2 is 1.89 bits per heavy atom. The molecule has 1 unspecified atom stereocenters. The van der Waals surface area contributed by atoms with Crippen molar-refractivity contribution in [2.24, 2.45) is 5.92 Å². The van der Waals surface area contributed by atoms with Gasteiger partial charge in [0.25, 0.3) is 0 Å². The van der Waals surface area contributed by atoms with Crippen LogP contribution in [0.25, 0.3) is 10.9 Å². The SMILES string of the molecule is CC1Cc2cccc3c4c(n(c23)C1)CCN(C(=O)OCc1ccccc1)CC4. The summed E-state index contributed by atoms with van der Waals surface area (Å²) in [6.07, 6.45) is 2.76. The molecule has 4 heteroatoms. The largest absolute Gasteiger partial charge is 0.445 e. The lowest BCUT2D eigenvalue weighted by Crippen LogP contribution is -2.34. The Hall–Kier alpha value is -2.75. The quantitative estimate of drug-likeness (QED) is 0.658. The number of fused-ring (bicyclic) bond motifs is 3. The van der Waals surface area contributed by atoms with E-state index in [0.717, 1.165) is 44.5 Å². The molecule has 28 heavy (non-hydrogen) atoms. The molecule has 2 aliphatic rings. The number of carbonyl (C=O) groups excluding carboxylic acids is 1. The van der Waals surface area contributed by atoms with Crippen LogP contribution in [0.3, 0.4) is 0 Å². The van der Waals surface area contributed by atoms with Gasteiger partial charge in [-0.1, -0.05) is 55.5 Å². The lowest BCUT2D eigenvalue weighted by molar-refractivity contribution is 0.0976. The number of hydrogen-bond acceptors (Lipinski definition) is 2. The van der Waals surface area contributed by atoms with Gasteiger partial charge in [-0.3, -0.25) is 0 Å². The summed E-state index contributed by atoms with van der Waals surface area (Å²) in [5.74, 6) is 0.657. The van der Waals surface area contributed by atoms with Crippen molar-refractivity contribution in [1.82, 2.24) is 9.47 Å². The van der Waals surface area contributed by atoms with Crippen LogP contribution in [0.15, 0.2) is 48.5 Å². The van der Waals surface area contributed by atoms with Crippen LogP contribution in [0, 0.1) is 5.92 Å². The monoisotopic (exact) mass is 374 g/mol. The van der Waals surface area contributed by atoms with Crippen molar-refractivity contribution in [1.29, 1.82) is 0 Å². The fraction of sp³-hybridized carbons (Fsp3) is 0.375. The lowest BCUT2D eigenvalue weighted by Gasteiger charge is -2.24.